The highest BCUT2D eigenvalue weighted by atomic mass is 35.5. The van der Waals surface area contributed by atoms with Crippen molar-refractivity contribution in [2.45, 2.75) is 38.5 Å². The van der Waals surface area contributed by atoms with Crippen LogP contribution in [0.2, 0.25) is 10.0 Å². The molecular formula is C26H25Cl2N7O4S2. The Labute approximate surface area is 253 Å². The van der Waals surface area contributed by atoms with E-state index in [2.05, 4.69) is 25.8 Å². The van der Waals surface area contributed by atoms with E-state index in [1.807, 2.05) is 25.3 Å². The fraction of sp³-hybridized carbons (Fsp3) is 0.269. The fourth-order valence-electron chi connectivity index (χ4n) is 3.88. The highest BCUT2D eigenvalue weighted by Gasteiger charge is 2.27. The van der Waals surface area contributed by atoms with Gasteiger partial charge in [0.2, 0.25) is 5.91 Å². The molecular weight excluding hydrogens is 609 g/mol. The molecule has 214 valence electrons. The Morgan fingerprint density at radius 1 is 1.17 bits per heavy atom. The van der Waals surface area contributed by atoms with Gasteiger partial charge in [0.1, 0.15) is 0 Å². The molecule has 2 amide bonds. The lowest BCUT2D eigenvalue weighted by atomic mass is 10.0. The highest BCUT2D eigenvalue weighted by Crippen LogP contribution is 2.29. The van der Waals surface area contributed by atoms with Gasteiger partial charge in [-0.3, -0.25) is 19.7 Å². The molecule has 0 aliphatic rings. The predicted molar refractivity (Wildman–Crippen MR) is 161 cm³/mol. The van der Waals surface area contributed by atoms with E-state index in [4.69, 9.17) is 23.2 Å². The van der Waals surface area contributed by atoms with Crippen LogP contribution < -0.4 is 10.6 Å². The van der Waals surface area contributed by atoms with Crippen molar-refractivity contribution in [3.63, 3.8) is 0 Å². The number of carbonyl (C=O) groups excluding carboxylic acids is 2. The van der Waals surface area contributed by atoms with Gasteiger partial charge >= 0.3 is 0 Å². The molecule has 0 saturated carbocycles. The molecule has 0 saturated heterocycles. The zero-order chi connectivity index (χ0) is 29.7. The number of aromatic nitrogens is 4. The van der Waals surface area contributed by atoms with E-state index >= 15 is 0 Å². The molecule has 41 heavy (non-hydrogen) atoms. The van der Waals surface area contributed by atoms with Crippen LogP contribution in [0.3, 0.4) is 0 Å². The molecule has 0 bridgehead atoms. The van der Waals surface area contributed by atoms with Crippen molar-refractivity contribution in [3.8, 4) is 11.3 Å². The normalized spacial score (nSPS) is 11.9. The minimum Gasteiger partial charge on any atom is -0.342 e. The van der Waals surface area contributed by atoms with Crippen LogP contribution in [0.5, 0.6) is 0 Å². The van der Waals surface area contributed by atoms with Crippen molar-refractivity contribution in [3.05, 3.63) is 79.4 Å². The predicted octanol–water partition coefficient (Wildman–Crippen LogP) is 6.49. The summed E-state index contributed by atoms with van der Waals surface area (Å²) in [4.78, 5) is 40.7. The summed E-state index contributed by atoms with van der Waals surface area (Å²) in [5, 5.41) is 28.7. The highest BCUT2D eigenvalue weighted by molar-refractivity contribution is 7.99. The van der Waals surface area contributed by atoms with E-state index in [1.165, 1.54) is 41.3 Å². The van der Waals surface area contributed by atoms with Crippen molar-refractivity contribution in [1.29, 1.82) is 0 Å². The summed E-state index contributed by atoms with van der Waals surface area (Å²) in [5.41, 5.74) is 1.37. The summed E-state index contributed by atoms with van der Waals surface area (Å²) in [6.07, 6.45) is 0. The number of carbonyl (C=O) groups is 2. The van der Waals surface area contributed by atoms with E-state index in [-0.39, 0.29) is 34.2 Å². The summed E-state index contributed by atoms with van der Waals surface area (Å²) < 4.78 is 1.86. The molecule has 2 heterocycles. The zero-order valence-corrected chi connectivity index (χ0v) is 25.3. The number of benzene rings is 2. The number of nitro groups is 1. The minimum absolute atomic E-state index is 0.0224. The van der Waals surface area contributed by atoms with Gasteiger partial charge in [0.05, 0.1) is 33.0 Å². The zero-order valence-electron chi connectivity index (χ0n) is 22.1. The molecule has 0 fully saturated rings. The van der Waals surface area contributed by atoms with E-state index in [0.717, 1.165) is 0 Å². The summed E-state index contributed by atoms with van der Waals surface area (Å²) in [6, 6.07) is 10.4. The maximum absolute atomic E-state index is 13.0. The first-order valence-electron chi connectivity index (χ1n) is 12.4. The average Bonchev–Trinajstić information content (AvgIpc) is 3.57. The van der Waals surface area contributed by atoms with Gasteiger partial charge in [-0.05, 0) is 31.0 Å². The Balaban J connectivity index is 1.42. The smallest absolute Gasteiger partial charge is 0.270 e. The van der Waals surface area contributed by atoms with Crippen LogP contribution in [0, 0.1) is 16.0 Å². The molecule has 0 spiro atoms. The lowest BCUT2D eigenvalue weighted by Crippen LogP contribution is -2.34. The number of nitro benzene ring substituents is 1. The molecule has 2 aromatic carbocycles. The lowest BCUT2D eigenvalue weighted by molar-refractivity contribution is -0.384. The minimum atomic E-state index is -0.469. The number of nitrogens with one attached hydrogen (secondary N) is 2. The molecule has 0 radical (unpaired) electrons. The maximum Gasteiger partial charge on any atom is 0.270 e. The Morgan fingerprint density at radius 2 is 1.95 bits per heavy atom. The number of non-ortho nitro benzene ring substituents is 1. The van der Waals surface area contributed by atoms with Crippen molar-refractivity contribution >= 4 is 68.9 Å². The number of amides is 2. The molecule has 4 aromatic rings. The molecule has 0 aliphatic heterocycles. The topological polar surface area (TPSA) is 145 Å². The Hall–Kier alpha value is -3.52. The number of halogens is 2. The molecule has 4 rings (SSSR count). The summed E-state index contributed by atoms with van der Waals surface area (Å²) in [6.45, 7) is 6.36. The number of nitrogens with zero attached hydrogens (tertiary/aromatic N) is 5. The number of anilines is 1. The fourth-order valence-corrected chi connectivity index (χ4v) is 5.92. The molecule has 1 atom stereocenters. The van der Waals surface area contributed by atoms with Gasteiger partial charge in [-0.2, -0.15) is 0 Å². The number of thioether (sulfide) groups is 1. The third-order valence-corrected chi connectivity index (χ3v) is 8.18. The number of thiazole rings is 1. The number of rotatable bonds is 11. The van der Waals surface area contributed by atoms with Gasteiger partial charge in [-0.25, -0.2) is 4.98 Å². The van der Waals surface area contributed by atoms with Crippen molar-refractivity contribution in [2.24, 2.45) is 5.92 Å². The van der Waals surface area contributed by atoms with Crippen LogP contribution in [-0.2, 0) is 11.3 Å². The van der Waals surface area contributed by atoms with Gasteiger partial charge in [-0.15, -0.1) is 21.5 Å². The SMILES string of the molecule is CCn1c(SCC(=O)Nc2nc(-c3cccc([N+](=O)[O-])c3)cs2)nnc1[C@@H](NC(=O)c1ccc(Cl)cc1Cl)C(C)C. The van der Waals surface area contributed by atoms with Crippen LogP contribution in [0.15, 0.2) is 53.0 Å². The summed E-state index contributed by atoms with van der Waals surface area (Å²) >= 11 is 14.6. The molecule has 0 aliphatic carbocycles. The van der Waals surface area contributed by atoms with Crippen molar-refractivity contribution in [1.82, 2.24) is 25.1 Å². The standard InChI is InChI=1S/C26H25Cl2N7O4S2/c1-4-34-23(22(14(2)3)31-24(37)18-9-8-16(27)11-19(18)28)32-33-26(34)41-13-21(36)30-25-29-20(12-40-25)15-6-5-7-17(10-15)35(38)39/h5-12,14,22H,4,13H2,1-3H3,(H,31,37)(H,29,30,36)/t22-/m0/s1. The Morgan fingerprint density at radius 3 is 2.63 bits per heavy atom. The first kappa shape index (κ1) is 30.4. The Kier molecular flexibility index (Phi) is 9.97. The number of hydrogen-bond donors (Lipinski definition) is 2. The van der Waals surface area contributed by atoms with Crippen LogP contribution in [0.4, 0.5) is 10.8 Å². The maximum atomic E-state index is 13.0. The van der Waals surface area contributed by atoms with Crippen LogP contribution in [0.1, 0.15) is 43.0 Å². The first-order valence-corrected chi connectivity index (χ1v) is 15.0. The third kappa shape index (κ3) is 7.41. The van der Waals surface area contributed by atoms with Crippen LogP contribution in [-0.4, -0.2) is 42.2 Å². The van der Waals surface area contributed by atoms with Gasteiger partial charge in [0, 0.05) is 34.6 Å². The van der Waals surface area contributed by atoms with Gasteiger partial charge in [0.15, 0.2) is 16.1 Å². The number of hydrogen-bond acceptors (Lipinski definition) is 9. The van der Waals surface area contributed by atoms with E-state index in [9.17, 15) is 19.7 Å². The molecule has 15 heteroatoms. The first-order chi connectivity index (χ1) is 19.6. The largest absolute Gasteiger partial charge is 0.342 e. The van der Waals surface area contributed by atoms with Crippen LogP contribution in [0.25, 0.3) is 11.3 Å². The van der Waals surface area contributed by atoms with Gasteiger partial charge in [0.25, 0.3) is 11.6 Å². The van der Waals surface area contributed by atoms with E-state index < -0.39 is 11.0 Å². The van der Waals surface area contributed by atoms with E-state index in [0.29, 0.717) is 44.5 Å². The van der Waals surface area contributed by atoms with Crippen LogP contribution >= 0.6 is 46.3 Å². The summed E-state index contributed by atoms with van der Waals surface area (Å²) in [7, 11) is 0. The molecule has 11 nitrogen and oxygen atoms in total. The Bertz CT molecular complexity index is 1590. The lowest BCUT2D eigenvalue weighted by Gasteiger charge is -2.22. The second kappa shape index (κ2) is 13.4. The second-order valence-electron chi connectivity index (χ2n) is 9.09. The monoisotopic (exact) mass is 633 g/mol. The van der Waals surface area contributed by atoms with Gasteiger partial charge in [-0.1, -0.05) is 60.9 Å². The van der Waals surface area contributed by atoms with E-state index in [1.54, 1.807) is 29.6 Å². The summed E-state index contributed by atoms with van der Waals surface area (Å²) in [5.74, 6) is -0.0786. The molecule has 2 N–H and O–H groups in total. The molecule has 2 aromatic heterocycles. The molecule has 0 unspecified atom stereocenters. The second-order valence-corrected chi connectivity index (χ2v) is 11.7. The average molecular weight is 635 g/mol. The van der Waals surface area contributed by atoms with Gasteiger partial charge < -0.3 is 15.2 Å². The van der Waals surface area contributed by atoms with Crippen molar-refractivity contribution < 1.29 is 14.5 Å². The van der Waals surface area contributed by atoms with Crippen molar-refractivity contribution in [2.75, 3.05) is 11.1 Å². The third-order valence-electron chi connectivity index (χ3n) is 5.90. The quantitative estimate of drug-likeness (QED) is 0.108.